The highest BCUT2D eigenvalue weighted by Crippen LogP contribution is 2.58. The molecule has 0 radical (unpaired) electrons. The Labute approximate surface area is 326 Å². The molecule has 294 valence electrons. The predicted molar refractivity (Wildman–Crippen MR) is 221 cm³/mol. The van der Waals surface area contributed by atoms with E-state index in [-0.39, 0.29) is 11.3 Å². The molecular weight excluding hydrogens is 808 g/mol. The lowest BCUT2D eigenvalue weighted by molar-refractivity contribution is 0.176. The summed E-state index contributed by atoms with van der Waals surface area (Å²) in [6.07, 6.45) is 4.73. The van der Waals surface area contributed by atoms with Crippen molar-refractivity contribution in [2.24, 2.45) is 15.3 Å². The molecule has 0 aliphatic rings. The molecular formula is C34H42N6O10P4S. The van der Waals surface area contributed by atoms with Gasteiger partial charge in [0.1, 0.15) is 23.0 Å². The summed E-state index contributed by atoms with van der Waals surface area (Å²) in [6, 6.07) is 27.1. The first-order valence-electron chi connectivity index (χ1n) is 16.2. The maximum atomic E-state index is 12.8. The van der Waals surface area contributed by atoms with E-state index < -0.39 is 36.9 Å². The lowest BCUT2D eigenvalue weighted by Gasteiger charge is -2.20. The summed E-state index contributed by atoms with van der Waals surface area (Å²) in [5, 5.41) is 23.1. The van der Waals surface area contributed by atoms with Crippen molar-refractivity contribution < 1.29 is 46.2 Å². The highest BCUT2D eigenvalue weighted by Gasteiger charge is 2.33. The van der Waals surface area contributed by atoms with Gasteiger partial charge < -0.3 is 32.5 Å². The van der Waals surface area contributed by atoms with Gasteiger partial charge in [0.25, 0.3) is 0 Å². The van der Waals surface area contributed by atoms with Crippen molar-refractivity contribution in [1.29, 1.82) is 0 Å². The largest absolute Gasteiger partial charge is 0.497 e. The second kappa shape index (κ2) is 21.1. The fourth-order valence-electron chi connectivity index (χ4n) is 4.20. The number of hydrogen-bond acceptors (Lipinski definition) is 14. The molecule has 4 atom stereocenters. The third kappa shape index (κ3) is 13.2. The standard InChI is InChI=1S/C34H42N6O10P4S/c1-38(36-24-28-11-19-33(20-12-28)50-53(55)40(3)37-25-26-7-15-30(45-4)16-8-26)51(42)48-31-17-9-27(10-18-31)23-35-39(2)52(43)49-32-21-13-29(14-22-32)34(41)54(44,46-5)47-6/h7-25,34,41,51-53H,1-6H3/b35-23+,36-24+,37-25+. The quantitative estimate of drug-likeness (QED) is 0.0526. The number of hydrogen-bond donors (Lipinski definition) is 1. The van der Waals surface area contributed by atoms with Crippen LogP contribution in [-0.4, -0.2) is 80.6 Å². The van der Waals surface area contributed by atoms with E-state index >= 15 is 0 Å². The molecule has 0 fully saturated rings. The van der Waals surface area contributed by atoms with Crippen LogP contribution in [0.2, 0.25) is 0 Å². The van der Waals surface area contributed by atoms with Crippen LogP contribution in [0.1, 0.15) is 28.1 Å². The molecule has 4 aromatic carbocycles. The van der Waals surface area contributed by atoms with Crippen molar-refractivity contribution in [3.05, 3.63) is 119 Å². The molecule has 4 rings (SSSR count). The lowest BCUT2D eigenvalue weighted by Crippen LogP contribution is -2.05. The zero-order chi connectivity index (χ0) is 40.0. The average Bonchev–Trinajstić information content (AvgIpc) is 3.21. The molecule has 0 heterocycles. The number of methoxy groups -OCH3 is 1. The maximum absolute atomic E-state index is 12.8. The molecule has 0 aliphatic heterocycles. The Morgan fingerprint density at radius 2 is 0.945 bits per heavy atom. The number of hydrazone groups is 3. The van der Waals surface area contributed by atoms with Gasteiger partial charge in [-0.3, -0.25) is 13.7 Å². The van der Waals surface area contributed by atoms with E-state index in [4.69, 9.17) is 39.2 Å². The topological polar surface area (TPSA) is 174 Å². The summed E-state index contributed by atoms with van der Waals surface area (Å²) in [4.78, 5) is 0. The molecule has 16 nitrogen and oxygen atoms in total. The summed E-state index contributed by atoms with van der Waals surface area (Å²) in [6.45, 7) is 0. The van der Waals surface area contributed by atoms with Crippen LogP contribution in [0.25, 0.3) is 0 Å². The molecule has 21 heteroatoms. The number of aliphatic hydroxyl groups excluding tert-OH is 1. The third-order valence-corrected chi connectivity index (χ3v) is 13.5. The summed E-state index contributed by atoms with van der Waals surface area (Å²) >= 11 is 5.53. The Kier molecular flexibility index (Phi) is 16.7. The van der Waals surface area contributed by atoms with E-state index in [1.54, 1.807) is 86.9 Å². The highest BCUT2D eigenvalue weighted by molar-refractivity contribution is 8.02. The van der Waals surface area contributed by atoms with Crippen LogP contribution in [0, 0.1) is 0 Å². The van der Waals surface area contributed by atoms with Gasteiger partial charge in [-0.25, -0.2) is 14.3 Å². The van der Waals surface area contributed by atoms with Crippen molar-refractivity contribution in [3.63, 3.8) is 0 Å². The predicted octanol–water partition coefficient (Wildman–Crippen LogP) is 7.49. The van der Waals surface area contributed by atoms with Gasteiger partial charge in [0, 0.05) is 35.4 Å². The summed E-state index contributed by atoms with van der Waals surface area (Å²) in [7, 11) is -2.40. The maximum Gasteiger partial charge on any atom is 0.362 e. The Morgan fingerprint density at radius 3 is 1.33 bits per heavy atom. The number of rotatable bonds is 20. The van der Waals surface area contributed by atoms with Gasteiger partial charge in [0.15, 0.2) is 5.85 Å². The van der Waals surface area contributed by atoms with Gasteiger partial charge in [-0.05, 0) is 119 Å². The zero-order valence-corrected chi connectivity index (χ0v) is 35.4. The molecule has 0 aromatic heterocycles. The molecule has 4 aromatic rings. The van der Waals surface area contributed by atoms with E-state index in [2.05, 4.69) is 15.3 Å². The monoisotopic (exact) mass is 850 g/mol. The number of nitrogens with zero attached hydrogens (tertiary/aromatic N) is 6. The van der Waals surface area contributed by atoms with Crippen molar-refractivity contribution >= 4 is 61.5 Å². The number of benzene rings is 4. The van der Waals surface area contributed by atoms with E-state index in [0.717, 1.165) is 16.9 Å². The summed E-state index contributed by atoms with van der Waals surface area (Å²) in [5.74, 6) is 0.464. The molecule has 0 aliphatic carbocycles. The summed E-state index contributed by atoms with van der Waals surface area (Å²) in [5.41, 5.74) is 2.58. The lowest BCUT2D eigenvalue weighted by atomic mass is 10.2. The van der Waals surface area contributed by atoms with Gasteiger partial charge in [0.2, 0.25) is 7.07 Å². The fourth-order valence-corrected chi connectivity index (χ4v) is 7.58. The van der Waals surface area contributed by atoms with Crippen molar-refractivity contribution in [3.8, 4) is 23.0 Å². The molecule has 0 amide bonds. The second-order valence-corrected chi connectivity index (χ2v) is 18.7. The van der Waals surface area contributed by atoms with Crippen LogP contribution in [0.3, 0.4) is 0 Å². The third-order valence-electron chi connectivity index (χ3n) is 7.41. The van der Waals surface area contributed by atoms with Crippen LogP contribution >= 0.6 is 31.0 Å². The smallest absolute Gasteiger partial charge is 0.362 e. The van der Waals surface area contributed by atoms with Crippen molar-refractivity contribution in [1.82, 2.24) is 14.3 Å². The fraction of sp³-hybridized carbons (Fsp3) is 0.206. The van der Waals surface area contributed by atoms with E-state index in [1.165, 1.54) is 61.3 Å². The molecule has 4 unspecified atom stereocenters. The van der Waals surface area contributed by atoms with Crippen LogP contribution in [0.5, 0.6) is 23.0 Å². The first kappa shape index (κ1) is 43.4. The van der Waals surface area contributed by atoms with Gasteiger partial charge in [-0.2, -0.15) is 15.3 Å². The Hall–Kier alpha value is -4.29. The molecule has 0 bridgehead atoms. The van der Waals surface area contributed by atoms with Gasteiger partial charge >= 0.3 is 24.0 Å². The Morgan fingerprint density at radius 1 is 0.600 bits per heavy atom. The highest BCUT2D eigenvalue weighted by atomic mass is 32.4. The van der Waals surface area contributed by atoms with Crippen LogP contribution in [0.15, 0.2) is 112 Å². The van der Waals surface area contributed by atoms with E-state index in [1.807, 2.05) is 24.3 Å². The van der Waals surface area contributed by atoms with E-state index in [9.17, 15) is 18.8 Å². The molecule has 0 spiro atoms. The Balaban J connectivity index is 1.21. The zero-order valence-electron chi connectivity index (χ0n) is 30.7. The van der Waals surface area contributed by atoms with Crippen molar-refractivity contribution in [2.45, 2.75) is 5.85 Å². The van der Waals surface area contributed by atoms with Crippen molar-refractivity contribution in [2.75, 3.05) is 42.5 Å². The van der Waals surface area contributed by atoms with Crippen LogP contribution < -0.4 is 18.3 Å². The first-order chi connectivity index (χ1) is 26.3. The molecule has 0 saturated heterocycles. The minimum Gasteiger partial charge on any atom is -0.497 e. The Bertz CT molecular complexity index is 2050. The number of aliphatic hydroxyl groups is 1. The molecule has 0 saturated carbocycles. The van der Waals surface area contributed by atoms with Crippen LogP contribution in [0.4, 0.5) is 0 Å². The first-order valence-corrected chi connectivity index (χ1v) is 22.8. The minimum atomic E-state index is -3.74. The SMILES string of the molecule is COc1ccc(/C=N/N(C)[PH](=S)Oc2ccc(/C=N/N(C)[PH](=O)Oc3ccc(/C=N/N(C)[PH](=O)Oc4ccc(C(O)P(=O)(OC)OC)cc4)cc3)cc2)cc1. The number of ether oxygens (including phenoxy) is 1. The van der Waals surface area contributed by atoms with Crippen LogP contribution in [-0.2, 0) is 34.5 Å². The molecule has 55 heavy (non-hydrogen) atoms. The average molecular weight is 851 g/mol. The normalized spacial score (nSPS) is 14.0. The summed E-state index contributed by atoms with van der Waals surface area (Å²) < 4.78 is 73.8. The second-order valence-electron chi connectivity index (χ2n) is 11.2. The van der Waals surface area contributed by atoms with Gasteiger partial charge in [-0.15, -0.1) is 0 Å². The van der Waals surface area contributed by atoms with Gasteiger partial charge in [0.05, 0.1) is 25.8 Å². The van der Waals surface area contributed by atoms with Gasteiger partial charge in [-0.1, -0.05) is 12.1 Å². The minimum absolute atomic E-state index is 0.250. The van der Waals surface area contributed by atoms with E-state index in [0.29, 0.717) is 17.1 Å². The molecule has 1 N–H and O–H groups in total.